The highest BCUT2D eigenvalue weighted by atomic mass is 35.5. The van der Waals surface area contributed by atoms with Gasteiger partial charge in [0, 0.05) is 20.8 Å². The summed E-state index contributed by atoms with van der Waals surface area (Å²) in [6, 6.07) is 9.88. The normalized spacial score (nSPS) is 10.5. The summed E-state index contributed by atoms with van der Waals surface area (Å²) in [5.74, 6) is -1.02. The number of hydrogen-bond donors (Lipinski definition) is 3. The molecule has 0 aliphatic rings. The van der Waals surface area contributed by atoms with E-state index in [0.717, 1.165) is 11.3 Å². The summed E-state index contributed by atoms with van der Waals surface area (Å²) in [5.41, 5.74) is 4.98. The van der Waals surface area contributed by atoms with E-state index in [-0.39, 0.29) is 9.90 Å². The second-order valence-electron chi connectivity index (χ2n) is 4.93. The van der Waals surface area contributed by atoms with Crippen LogP contribution in [-0.2, 0) is 0 Å². The summed E-state index contributed by atoms with van der Waals surface area (Å²) in [6.07, 6.45) is 0. The van der Waals surface area contributed by atoms with Crippen molar-refractivity contribution in [3.8, 4) is 0 Å². The molecule has 0 radical (unpaired) electrons. The molecule has 2 aromatic carbocycles. The van der Waals surface area contributed by atoms with Gasteiger partial charge in [0.15, 0.2) is 0 Å². The van der Waals surface area contributed by atoms with Gasteiger partial charge in [-0.05, 0) is 42.5 Å². The topological polar surface area (TPSA) is 70.2 Å². The van der Waals surface area contributed by atoms with Gasteiger partial charge in [0.25, 0.3) is 5.91 Å². The highest BCUT2D eigenvalue weighted by molar-refractivity contribution is 7.21. The second kappa shape index (κ2) is 7.26. The summed E-state index contributed by atoms with van der Waals surface area (Å²) < 4.78 is 13.8. The van der Waals surface area contributed by atoms with Gasteiger partial charge in [-0.25, -0.2) is 14.6 Å². The Morgan fingerprint density at radius 2 is 1.72 bits per heavy atom. The molecule has 0 unspecified atom stereocenters. The number of hydrazine groups is 1. The number of carbonyl (C=O) groups excluding carboxylic acids is 2. The number of benzene rings is 2. The van der Waals surface area contributed by atoms with E-state index in [4.69, 9.17) is 23.2 Å². The molecular formula is C16H10Cl2FN3O2S. The standard InChI is InChI=1S/C16H10Cl2FN3O2S/c17-8-1-4-10(5-2-8)20-16(24)22-21-15(23)14-13(18)11-6-3-9(19)7-12(11)25-14/h1-7H,(H,21,23)(H2,20,22,24). The third-order valence-electron chi connectivity index (χ3n) is 3.19. The molecule has 5 nitrogen and oxygen atoms in total. The molecule has 1 aromatic heterocycles. The molecule has 1 heterocycles. The third-order valence-corrected chi connectivity index (χ3v) is 5.10. The molecular weight excluding hydrogens is 388 g/mol. The summed E-state index contributed by atoms with van der Waals surface area (Å²) >= 11 is 12.9. The zero-order valence-electron chi connectivity index (χ0n) is 12.4. The number of hydrogen-bond acceptors (Lipinski definition) is 3. The minimum Gasteiger partial charge on any atom is -0.307 e. The van der Waals surface area contributed by atoms with Gasteiger partial charge in [-0.15, -0.1) is 11.3 Å². The molecule has 0 bridgehead atoms. The Morgan fingerprint density at radius 1 is 1.00 bits per heavy atom. The lowest BCUT2D eigenvalue weighted by Gasteiger charge is -2.08. The molecule has 3 aromatic rings. The largest absolute Gasteiger partial charge is 0.337 e. The van der Waals surface area contributed by atoms with Crippen molar-refractivity contribution >= 4 is 62.3 Å². The van der Waals surface area contributed by atoms with Crippen molar-refractivity contribution in [2.45, 2.75) is 0 Å². The van der Waals surface area contributed by atoms with Crippen molar-refractivity contribution < 1.29 is 14.0 Å². The van der Waals surface area contributed by atoms with Crippen LogP contribution in [0, 0.1) is 5.82 Å². The number of anilines is 1. The van der Waals surface area contributed by atoms with Crippen LogP contribution >= 0.6 is 34.5 Å². The Bertz CT molecular complexity index is 960. The molecule has 9 heteroatoms. The predicted molar refractivity (Wildman–Crippen MR) is 97.9 cm³/mol. The highest BCUT2D eigenvalue weighted by Gasteiger charge is 2.18. The Balaban J connectivity index is 1.65. The van der Waals surface area contributed by atoms with Crippen LogP contribution in [-0.4, -0.2) is 11.9 Å². The van der Waals surface area contributed by atoms with E-state index in [1.54, 1.807) is 24.3 Å². The number of rotatable bonds is 2. The minimum atomic E-state index is -0.640. The lowest BCUT2D eigenvalue weighted by atomic mass is 10.2. The van der Waals surface area contributed by atoms with E-state index in [0.29, 0.717) is 20.8 Å². The predicted octanol–water partition coefficient (Wildman–Crippen LogP) is 4.81. The zero-order valence-corrected chi connectivity index (χ0v) is 14.7. The Morgan fingerprint density at radius 3 is 2.44 bits per heavy atom. The molecule has 0 saturated carbocycles. The van der Waals surface area contributed by atoms with E-state index < -0.39 is 17.8 Å². The van der Waals surface area contributed by atoms with E-state index in [2.05, 4.69) is 16.2 Å². The van der Waals surface area contributed by atoms with E-state index >= 15 is 0 Å². The smallest absolute Gasteiger partial charge is 0.307 e. The molecule has 3 N–H and O–H groups in total. The highest BCUT2D eigenvalue weighted by Crippen LogP contribution is 2.35. The summed E-state index contributed by atoms with van der Waals surface area (Å²) in [4.78, 5) is 24.1. The maximum absolute atomic E-state index is 13.3. The SMILES string of the molecule is O=C(NNC(=O)c1sc2cc(F)ccc2c1Cl)Nc1ccc(Cl)cc1. The molecule has 0 aliphatic carbocycles. The van der Waals surface area contributed by atoms with Crippen LogP contribution in [0.15, 0.2) is 42.5 Å². The first-order valence-corrected chi connectivity index (χ1v) is 8.52. The zero-order chi connectivity index (χ0) is 18.0. The van der Waals surface area contributed by atoms with Crippen LogP contribution in [0.25, 0.3) is 10.1 Å². The maximum atomic E-state index is 13.3. The molecule has 3 rings (SSSR count). The fraction of sp³-hybridized carbons (Fsp3) is 0. The molecule has 0 fully saturated rings. The van der Waals surface area contributed by atoms with Gasteiger partial charge in [0.05, 0.1) is 5.02 Å². The summed E-state index contributed by atoms with van der Waals surface area (Å²) in [5, 5.41) is 3.84. The maximum Gasteiger partial charge on any atom is 0.337 e. The van der Waals surface area contributed by atoms with Gasteiger partial charge in [-0.2, -0.15) is 0 Å². The van der Waals surface area contributed by atoms with Crippen LogP contribution < -0.4 is 16.2 Å². The molecule has 0 spiro atoms. The first-order valence-electron chi connectivity index (χ1n) is 6.94. The molecule has 128 valence electrons. The summed E-state index contributed by atoms with van der Waals surface area (Å²) in [6.45, 7) is 0. The fourth-order valence-electron chi connectivity index (χ4n) is 2.05. The average Bonchev–Trinajstić information content (AvgIpc) is 2.91. The van der Waals surface area contributed by atoms with Crippen molar-refractivity contribution in [3.05, 3.63) is 63.2 Å². The lowest BCUT2D eigenvalue weighted by Crippen LogP contribution is -2.43. The van der Waals surface area contributed by atoms with Crippen LogP contribution in [0.4, 0.5) is 14.9 Å². The van der Waals surface area contributed by atoms with E-state index in [1.165, 1.54) is 18.2 Å². The first-order chi connectivity index (χ1) is 11.9. The van der Waals surface area contributed by atoms with Gasteiger partial charge in [-0.3, -0.25) is 10.2 Å². The number of urea groups is 1. The quantitative estimate of drug-likeness (QED) is 0.542. The first kappa shape index (κ1) is 17.5. The molecule has 0 aliphatic heterocycles. The Labute approximate surface area is 155 Å². The van der Waals surface area contributed by atoms with Crippen LogP contribution in [0.3, 0.4) is 0 Å². The number of nitrogens with one attached hydrogen (secondary N) is 3. The van der Waals surface area contributed by atoms with Crippen LogP contribution in [0.5, 0.6) is 0 Å². The van der Waals surface area contributed by atoms with Gasteiger partial charge >= 0.3 is 6.03 Å². The number of halogens is 3. The number of amides is 3. The molecule has 3 amide bonds. The Hall–Kier alpha value is -2.35. The second-order valence-corrected chi connectivity index (χ2v) is 6.79. The van der Waals surface area contributed by atoms with Crippen LogP contribution in [0.1, 0.15) is 9.67 Å². The van der Waals surface area contributed by atoms with Crippen molar-refractivity contribution in [2.24, 2.45) is 0 Å². The minimum absolute atomic E-state index is 0.175. The Kier molecular flexibility index (Phi) is 5.08. The third kappa shape index (κ3) is 4.01. The fourth-order valence-corrected chi connectivity index (χ4v) is 3.61. The van der Waals surface area contributed by atoms with Crippen molar-refractivity contribution in [2.75, 3.05) is 5.32 Å². The number of thiophene rings is 1. The summed E-state index contributed by atoms with van der Waals surface area (Å²) in [7, 11) is 0. The van der Waals surface area contributed by atoms with Crippen LogP contribution in [0.2, 0.25) is 10.0 Å². The average molecular weight is 398 g/mol. The van der Waals surface area contributed by atoms with Gasteiger partial charge in [0.1, 0.15) is 10.7 Å². The van der Waals surface area contributed by atoms with E-state index in [9.17, 15) is 14.0 Å². The monoisotopic (exact) mass is 397 g/mol. The van der Waals surface area contributed by atoms with Crippen molar-refractivity contribution in [3.63, 3.8) is 0 Å². The van der Waals surface area contributed by atoms with Crippen molar-refractivity contribution in [1.29, 1.82) is 0 Å². The van der Waals surface area contributed by atoms with Gasteiger partial charge < -0.3 is 5.32 Å². The number of carbonyl (C=O) groups is 2. The van der Waals surface area contributed by atoms with Gasteiger partial charge in [0.2, 0.25) is 0 Å². The molecule has 0 saturated heterocycles. The van der Waals surface area contributed by atoms with E-state index in [1.807, 2.05) is 0 Å². The lowest BCUT2D eigenvalue weighted by molar-refractivity contribution is 0.0942. The van der Waals surface area contributed by atoms with Gasteiger partial charge in [-0.1, -0.05) is 23.2 Å². The molecule has 25 heavy (non-hydrogen) atoms. The molecule has 0 atom stereocenters. The number of fused-ring (bicyclic) bond motifs is 1. The van der Waals surface area contributed by atoms with Crippen molar-refractivity contribution in [1.82, 2.24) is 10.9 Å².